The van der Waals surface area contributed by atoms with Gasteiger partial charge in [-0.15, -0.1) is 0 Å². The first-order valence-electron chi connectivity index (χ1n) is 10.4. The molecule has 0 unspecified atom stereocenters. The fourth-order valence-corrected chi connectivity index (χ4v) is 3.72. The maximum atomic E-state index is 13.4. The van der Waals surface area contributed by atoms with Crippen molar-refractivity contribution in [2.75, 3.05) is 36.4 Å². The largest absolute Gasteiger partial charge is 0.353 e. The summed E-state index contributed by atoms with van der Waals surface area (Å²) >= 11 is 0. The lowest BCUT2D eigenvalue weighted by Gasteiger charge is -2.36. The number of benzene rings is 2. The number of carbonyl (C=O) groups excluding carboxylic acids is 1. The molecule has 7 heteroatoms. The van der Waals surface area contributed by atoms with Crippen molar-refractivity contribution in [3.8, 4) is 11.4 Å². The third-order valence-electron chi connectivity index (χ3n) is 5.58. The van der Waals surface area contributed by atoms with E-state index in [4.69, 9.17) is 9.97 Å². The second-order valence-corrected chi connectivity index (χ2v) is 7.87. The first-order chi connectivity index (χ1) is 14.9. The van der Waals surface area contributed by atoms with Crippen molar-refractivity contribution in [3.63, 3.8) is 0 Å². The van der Waals surface area contributed by atoms with E-state index in [1.807, 2.05) is 26.0 Å². The van der Waals surface area contributed by atoms with Crippen molar-refractivity contribution in [2.45, 2.75) is 20.8 Å². The number of hydrogen-bond donors (Lipinski definition) is 1. The Morgan fingerprint density at radius 3 is 2.42 bits per heavy atom. The van der Waals surface area contributed by atoms with Gasteiger partial charge < -0.3 is 15.1 Å². The summed E-state index contributed by atoms with van der Waals surface area (Å²) in [5.41, 5.74) is 4.62. The number of aryl methyl sites for hydroxylation is 2. The van der Waals surface area contributed by atoms with E-state index in [0.29, 0.717) is 37.7 Å². The highest BCUT2D eigenvalue weighted by Crippen LogP contribution is 2.26. The lowest BCUT2D eigenvalue weighted by Crippen LogP contribution is -2.50. The molecule has 1 saturated heterocycles. The summed E-state index contributed by atoms with van der Waals surface area (Å²) in [5.74, 6) is 1.25. The number of nitrogens with one attached hydrogen (secondary N) is 1. The Hall–Kier alpha value is -3.48. The van der Waals surface area contributed by atoms with Crippen molar-refractivity contribution in [1.29, 1.82) is 0 Å². The molecule has 3 aromatic rings. The van der Waals surface area contributed by atoms with Crippen LogP contribution >= 0.6 is 0 Å². The minimum absolute atomic E-state index is 0.221. The Labute approximate surface area is 181 Å². The zero-order valence-electron chi connectivity index (χ0n) is 18.0. The molecule has 2 aromatic carbocycles. The monoisotopic (exact) mass is 419 g/mol. The maximum Gasteiger partial charge on any atom is 0.321 e. The molecule has 1 N–H and O–H groups in total. The highest BCUT2D eigenvalue weighted by molar-refractivity contribution is 5.89. The molecule has 6 nitrogen and oxygen atoms in total. The molecule has 0 saturated carbocycles. The lowest BCUT2D eigenvalue weighted by molar-refractivity contribution is 0.208. The van der Waals surface area contributed by atoms with E-state index < -0.39 is 0 Å². The minimum Gasteiger partial charge on any atom is -0.353 e. The number of piperazine rings is 1. The predicted octanol–water partition coefficient (Wildman–Crippen LogP) is 4.56. The van der Waals surface area contributed by atoms with Gasteiger partial charge in [-0.2, -0.15) is 0 Å². The van der Waals surface area contributed by atoms with Crippen LogP contribution in [0.25, 0.3) is 11.4 Å². The van der Waals surface area contributed by atoms with Crippen LogP contribution in [0.5, 0.6) is 0 Å². The third-order valence-corrected chi connectivity index (χ3v) is 5.58. The van der Waals surface area contributed by atoms with Crippen LogP contribution in [0.2, 0.25) is 0 Å². The van der Waals surface area contributed by atoms with Crippen molar-refractivity contribution < 1.29 is 9.18 Å². The zero-order chi connectivity index (χ0) is 22.0. The van der Waals surface area contributed by atoms with Crippen molar-refractivity contribution in [1.82, 2.24) is 14.9 Å². The Kier molecular flexibility index (Phi) is 5.84. The first-order valence-corrected chi connectivity index (χ1v) is 10.4. The highest BCUT2D eigenvalue weighted by atomic mass is 19.1. The average molecular weight is 420 g/mol. The summed E-state index contributed by atoms with van der Waals surface area (Å²) < 4.78 is 13.4. The molecule has 1 aromatic heterocycles. The SMILES string of the molecule is Cc1cccc(-c2nc(C)c(C)c(N3CCN(C(=O)Nc4cccc(F)c4)CC3)n2)c1. The normalized spacial score (nSPS) is 13.9. The van der Waals surface area contributed by atoms with Crippen LogP contribution in [0.4, 0.5) is 20.7 Å². The van der Waals surface area contributed by atoms with Crippen molar-refractivity contribution in [2.24, 2.45) is 0 Å². The maximum absolute atomic E-state index is 13.4. The van der Waals surface area contributed by atoms with E-state index >= 15 is 0 Å². The highest BCUT2D eigenvalue weighted by Gasteiger charge is 2.24. The van der Waals surface area contributed by atoms with E-state index in [2.05, 4.69) is 29.3 Å². The molecule has 0 bridgehead atoms. The molecule has 0 spiro atoms. The van der Waals surface area contributed by atoms with Crippen LogP contribution in [-0.2, 0) is 0 Å². The quantitative estimate of drug-likeness (QED) is 0.676. The van der Waals surface area contributed by atoms with Gasteiger partial charge in [0, 0.05) is 48.7 Å². The number of anilines is 2. The van der Waals surface area contributed by atoms with Gasteiger partial charge in [-0.1, -0.05) is 29.8 Å². The Morgan fingerprint density at radius 2 is 1.71 bits per heavy atom. The van der Waals surface area contributed by atoms with Gasteiger partial charge in [0.05, 0.1) is 0 Å². The number of aromatic nitrogens is 2. The molecule has 1 fully saturated rings. The summed E-state index contributed by atoms with van der Waals surface area (Å²) in [6, 6.07) is 13.9. The molecular formula is C24H26FN5O. The molecule has 0 aliphatic carbocycles. The van der Waals surface area contributed by atoms with Gasteiger partial charge in [-0.05, 0) is 45.0 Å². The summed E-state index contributed by atoms with van der Waals surface area (Å²) in [5, 5.41) is 2.77. The number of urea groups is 1. The van der Waals surface area contributed by atoms with Gasteiger partial charge in [-0.3, -0.25) is 0 Å². The van der Waals surface area contributed by atoms with Crippen LogP contribution in [0.15, 0.2) is 48.5 Å². The first kappa shape index (κ1) is 20.8. The summed E-state index contributed by atoms with van der Waals surface area (Å²) in [7, 11) is 0. The number of halogens is 1. The van der Waals surface area contributed by atoms with Gasteiger partial charge in [0.1, 0.15) is 11.6 Å². The average Bonchev–Trinajstić information content (AvgIpc) is 2.76. The van der Waals surface area contributed by atoms with E-state index in [-0.39, 0.29) is 11.8 Å². The Morgan fingerprint density at radius 1 is 0.968 bits per heavy atom. The van der Waals surface area contributed by atoms with Gasteiger partial charge in [0.25, 0.3) is 0 Å². The summed E-state index contributed by atoms with van der Waals surface area (Å²) in [6.07, 6.45) is 0. The zero-order valence-corrected chi connectivity index (χ0v) is 18.0. The van der Waals surface area contributed by atoms with Gasteiger partial charge in [0.15, 0.2) is 5.82 Å². The van der Waals surface area contributed by atoms with Crippen LogP contribution in [0, 0.1) is 26.6 Å². The second-order valence-electron chi connectivity index (χ2n) is 7.87. The van der Waals surface area contributed by atoms with Crippen LogP contribution in [-0.4, -0.2) is 47.1 Å². The van der Waals surface area contributed by atoms with E-state index in [9.17, 15) is 9.18 Å². The molecule has 160 valence electrons. The summed E-state index contributed by atoms with van der Waals surface area (Å²) in [6.45, 7) is 8.55. The molecule has 0 radical (unpaired) electrons. The Balaban J connectivity index is 1.47. The topological polar surface area (TPSA) is 61.4 Å². The van der Waals surface area contributed by atoms with Crippen LogP contribution in [0.3, 0.4) is 0 Å². The Bertz CT molecular complexity index is 1110. The number of hydrogen-bond acceptors (Lipinski definition) is 4. The summed E-state index contributed by atoms with van der Waals surface area (Å²) in [4.78, 5) is 26.1. The standard InChI is InChI=1S/C24H26FN5O/c1-16-6-4-7-19(14-16)22-26-18(3)17(2)23(28-22)29-10-12-30(13-11-29)24(31)27-21-9-5-8-20(25)15-21/h4-9,14-15H,10-13H2,1-3H3,(H,27,31). The van der Waals surface area contributed by atoms with E-state index in [0.717, 1.165) is 22.6 Å². The molecule has 4 rings (SSSR count). The van der Waals surface area contributed by atoms with Crippen LogP contribution in [0.1, 0.15) is 16.8 Å². The fraction of sp³-hybridized carbons (Fsp3) is 0.292. The molecule has 2 heterocycles. The minimum atomic E-state index is -0.373. The molecule has 1 aliphatic rings. The number of rotatable bonds is 3. The van der Waals surface area contributed by atoms with E-state index in [1.54, 1.807) is 17.0 Å². The van der Waals surface area contributed by atoms with Gasteiger partial charge in [-0.25, -0.2) is 19.2 Å². The van der Waals surface area contributed by atoms with Crippen molar-refractivity contribution >= 4 is 17.5 Å². The van der Waals surface area contributed by atoms with E-state index in [1.165, 1.54) is 17.7 Å². The molecular weight excluding hydrogens is 393 g/mol. The third kappa shape index (κ3) is 4.66. The fourth-order valence-electron chi connectivity index (χ4n) is 3.72. The number of carbonyl (C=O) groups is 1. The molecule has 1 aliphatic heterocycles. The lowest BCUT2D eigenvalue weighted by atomic mass is 10.1. The van der Waals surface area contributed by atoms with Gasteiger partial charge >= 0.3 is 6.03 Å². The molecule has 31 heavy (non-hydrogen) atoms. The van der Waals surface area contributed by atoms with Crippen LogP contribution < -0.4 is 10.2 Å². The predicted molar refractivity (Wildman–Crippen MR) is 121 cm³/mol. The second kappa shape index (κ2) is 8.71. The number of nitrogens with zero attached hydrogens (tertiary/aromatic N) is 4. The molecule has 0 atom stereocenters. The van der Waals surface area contributed by atoms with Crippen molar-refractivity contribution in [3.05, 3.63) is 71.2 Å². The smallest absolute Gasteiger partial charge is 0.321 e. The number of amides is 2. The van der Waals surface area contributed by atoms with Gasteiger partial charge in [0.2, 0.25) is 0 Å². The molecule has 2 amide bonds.